The topological polar surface area (TPSA) is 523 Å². The first-order valence-corrected chi connectivity index (χ1v) is 22.4. The van der Waals surface area contributed by atoms with Crippen molar-refractivity contribution in [3.63, 3.8) is 0 Å². The molecule has 33 heteroatoms. The zero-order chi connectivity index (χ0) is 51.0. The Morgan fingerprint density at radius 1 is 0.391 bits per heavy atom. The van der Waals surface area contributed by atoms with Gasteiger partial charge in [0.1, 0.15) is 52.0 Å². The molecule has 0 saturated carbocycles. The van der Waals surface area contributed by atoms with E-state index in [9.17, 15) is 62.0 Å². The quantitative estimate of drug-likeness (QED) is 0.0195. The third-order valence-corrected chi connectivity index (χ3v) is 10.6. The molecule has 0 spiro atoms. The van der Waals surface area contributed by atoms with Crippen molar-refractivity contribution >= 4 is 74.6 Å². The van der Waals surface area contributed by atoms with Crippen LogP contribution in [0.25, 0.3) is 0 Å². The zero-order valence-corrected chi connectivity index (χ0v) is 43.6. The molecule has 16 N–H and O–H groups in total. The molecule has 0 atom stereocenters. The van der Waals surface area contributed by atoms with Gasteiger partial charge in [0.15, 0.2) is 23.0 Å². The summed E-state index contributed by atoms with van der Waals surface area (Å²) >= 11 is 0. The van der Waals surface area contributed by atoms with Gasteiger partial charge in [0, 0.05) is 23.9 Å². The number of aromatic hydroxyl groups is 6. The number of para-hydroxylation sites is 4. The first-order valence-electron chi connectivity index (χ1n) is 16.8. The average Bonchev–Trinajstić information content (AvgIpc) is 3.19. The normalized spacial score (nSPS) is 10.3. The molecule has 0 radical (unpaired) electrons. The van der Waals surface area contributed by atoms with Gasteiger partial charge in [-0.2, -0.15) is 0 Å². The zero-order valence-electron chi connectivity index (χ0n) is 35.3. The van der Waals surface area contributed by atoms with Crippen LogP contribution >= 0.6 is 0 Å². The standard InChI is InChI=1S/C6H6N2O2.4C6H7NO4S.C6H6O2.Fe.2Na/c7-5-1-3-6(4-2-5)8(9)10;4*7-4-2-1-3-5(6(4)8)12(9,10)11;7-5-2-1-3-6(8)4-5;;;/h1-4H,7H2;4*1-3,8H,7H2,(H,9,10,11);1-4,7-8H;;;/q;;;;;;+2;2*+1/p-4. The Morgan fingerprint density at radius 3 is 0.768 bits per heavy atom. The van der Waals surface area contributed by atoms with Crippen molar-refractivity contribution in [1.82, 2.24) is 0 Å². The Labute approximate surface area is 448 Å². The van der Waals surface area contributed by atoms with E-state index in [0.29, 0.717) is 5.69 Å². The summed E-state index contributed by atoms with van der Waals surface area (Å²) in [5, 5.41) is 63.5. The van der Waals surface area contributed by atoms with Crippen LogP contribution in [0.1, 0.15) is 0 Å². The molecular formula is C36H36FeN6Na2O20S4. The number of nitrogen functional groups attached to an aromatic ring is 5. The van der Waals surface area contributed by atoms with Gasteiger partial charge in [0.2, 0.25) is 0 Å². The van der Waals surface area contributed by atoms with Crippen molar-refractivity contribution in [2.75, 3.05) is 28.7 Å². The van der Waals surface area contributed by atoms with Crippen molar-refractivity contribution < 1.29 is 164 Å². The fourth-order valence-corrected chi connectivity index (χ4v) is 6.45. The molecule has 0 bridgehead atoms. The number of nitrogens with zero attached hydrogens (tertiary/aromatic N) is 1. The Hall–Kier alpha value is -5.32. The Morgan fingerprint density at radius 2 is 0.609 bits per heavy atom. The molecule has 6 aromatic carbocycles. The first kappa shape index (κ1) is 67.9. The van der Waals surface area contributed by atoms with Gasteiger partial charge < -0.3 is 77.5 Å². The number of nitrogens with two attached hydrogens (primary N) is 5. The number of nitro benzene ring substituents is 1. The van der Waals surface area contributed by atoms with Gasteiger partial charge >= 0.3 is 76.2 Å². The minimum absolute atomic E-state index is 0. The van der Waals surface area contributed by atoms with Gasteiger partial charge in [-0.1, -0.05) is 30.3 Å². The van der Waals surface area contributed by atoms with Crippen molar-refractivity contribution in [2.45, 2.75) is 19.6 Å². The minimum Gasteiger partial charge on any atom is -0.744 e. The SMILES string of the molecule is Nc1ccc([N+](=O)[O-])cc1.Nc1cccc(S(=O)(=O)[O-])c1O.Nc1cccc(S(=O)(=O)[O-])c1O.Nc1cccc(S(=O)(=O)[O-])c1O.Nc1cccc(S(=O)(=O)[O-])c1O.Oc1cccc(O)c1.[Fe+2].[Na+].[Na+]. The molecule has 6 rings (SSSR count). The minimum atomic E-state index is -4.64. The molecule has 0 aromatic heterocycles. The van der Waals surface area contributed by atoms with Crippen LogP contribution in [0.4, 0.5) is 34.1 Å². The van der Waals surface area contributed by atoms with Crippen LogP contribution in [0.2, 0.25) is 0 Å². The second-order valence-corrected chi connectivity index (χ2v) is 17.4. The van der Waals surface area contributed by atoms with E-state index in [1.807, 2.05) is 0 Å². The smallest absolute Gasteiger partial charge is 0.744 e. The molecule has 0 aliphatic carbocycles. The molecule has 0 saturated heterocycles. The van der Waals surface area contributed by atoms with E-state index in [4.69, 9.17) is 59.3 Å². The fourth-order valence-electron chi connectivity index (χ4n) is 4.05. The molecule has 0 aliphatic heterocycles. The number of hydrogen-bond acceptors (Lipinski definition) is 25. The maximum absolute atomic E-state index is 10.4. The van der Waals surface area contributed by atoms with Gasteiger partial charge in [-0.05, 0) is 72.8 Å². The van der Waals surface area contributed by atoms with Crippen LogP contribution < -0.4 is 87.8 Å². The van der Waals surface area contributed by atoms with Gasteiger partial charge in [-0.3, -0.25) is 10.1 Å². The van der Waals surface area contributed by atoms with Crippen LogP contribution in [0, 0.1) is 10.1 Å². The van der Waals surface area contributed by atoms with Gasteiger partial charge in [0.05, 0.1) is 47.3 Å². The second kappa shape index (κ2) is 29.6. The number of phenolic OH excluding ortho intramolecular Hbond substituents is 6. The largest absolute Gasteiger partial charge is 2.00 e. The molecule has 69 heavy (non-hydrogen) atoms. The molecule has 26 nitrogen and oxygen atoms in total. The molecule has 0 amide bonds. The summed E-state index contributed by atoms with van der Waals surface area (Å²) in [4.78, 5) is 6.85. The summed E-state index contributed by atoms with van der Waals surface area (Å²) in [6.45, 7) is 0. The summed E-state index contributed by atoms with van der Waals surface area (Å²) in [6.07, 6.45) is 0. The average molecular weight is 1100 g/mol. The number of phenols is 6. The van der Waals surface area contributed by atoms with E-state index < -0.39 is 88.0 Å². The van der Waals surface area contributed by atoms with Crippen LogP contribution in [0.5, 0.6) is 34.5 Å². The number of non-ortho nitro benzene ring substituents is 1. The van der Waals surface area contributed by atoms with E-state index in [2.05, 4.69) is 0 Å². The van der Waals surface area contributed by atoms with Gasteiger partial charge in [-0.25, -0.2) is 33.7 Å². The van der Waals surface area contributed by atoms with Crippen LogP contribution in [-0.2, 0) is 57.5 Å². The van der Waals surface area contributed by atoms with Crippen molar-refractivity contribution in [3.8, 4) is 34.5 Å². The number of nitro groups is 1. The second-order valence-electron chi connectivity index (χ2n) is 12.0. The summed E-state index contributed by atoms with van der Waals surface area (Å²) in [5.41, 5.74) is 26.0. The third kappa shape index (κ3) is 23.7. The van der Waals surface area contributed by atoms with Crippen LogP contribution in [0.3, 0.4) is 0 Å². The Balaban J connectivity index is -0.000000754. The van der Waals surface area contributed by atoms with Crippen molar-refractivity contribution in [2.24, 2.45) is 0 Å². The summed E-state index contributed by atoms with van der Waals surface area (Å²) in [5.74, 6) is -2.57. The number of anilines is 5. The van der Waals surface area contributed by atoms with Crippen LogP contribution in [0.15, 0.2) is 141 Å². The maximum Gasteiger partial charge on any atom is 2.00 e. The molecule has 0 aliphatic rings. The summed E-state index contributed by atoms with van der Waals surface area (Å²) in [7, 11) is -18.5. The van der Waals surface area contributed by atoms with E-state index in [-0.39, 0.29) is 116 Å². The van der Waals surface area contributed by atoms with E-state index in [1.165, 1.54) is 91.0 Å². The predicted molar refractivity (Wildman–Crippen MR) is 229 cm³/mol. The molecular weight excluding hydrogens is 1070 g/mol. The molecule has 0 heterocycles. The Kier molecular flexibility index (Phi) is 29.2. The molecule has 0 fully saturated rings. The van der Waals surface area contributed by atoms with E-state index >= 15 is 0 Å². The van der Waals surface area contributed by atoms with Crippen molar-refractivity contribution in [1.29, 1.82) is 0 Å². The summed E-state index contributed by atoms with van der Waals surface area (Å²) in [6, 6.07) is 25.9. The van der Waals surface area contributed by atoms with Crippen LogP contribution in [-0.4, -0.2) is 87.4 Å². The fraction of sp³-hybridized carbons (Fsp3) is 0. The maximum atomic E-state index is 10.4. The van der Waals surface area contributed by atoms with E-state index in [0.717, 1.165) is 24.3 Å². The van der Waals surface area contributed by atoms with Gasteiger partial charge in [0.25, 0.3) is 5.69 Å². The predicted octanol–water partition coefficient (Wildman–Crippen LogP) is -4.21. The number of hydrogen-bond donors (Lipinski definition) is 11. The first-order chi connectivity index (χ1) is 30.2. The number of rotatable bonds is 5. The summed E-state index contributed by atoms with van der Waals surface area (Å²) < 4.78 is 125. The van der Waals surface area contributed by atoms with E-state index in [1.54, 1.807) is 6.07 Å². The molecule has 364 valence electrons. The molecule has 0 unspecified atom stereocenters. The number of benzene rings is 6. The van der Waals surface area contributed by atoms with Gasteiger partial charge in [-0.15, -0.1) is 0 Å². The molecule has 6 aromatic rings. The Bertz CT molecular complexity index is 2770. The third-order valence-electron chi connectivity index (χ3n) is 7.13. The monoisotopic (exact) mass is 1100 g/mol. The van der Waals surface area contributed by atoms with Crippen molar-refractivity contribution in [3.05, 3.63) is 131 Å².